The number of anilines is 1. The lowest BCUT2D eigenvalue weighted by atomic mass is 10.1. The van der Waals surface area contributed by atoms with Crippen LogP contribution in [0.5, 0.6) is 0 Å². The van der Waals surface area contributed by atoms with Crippen LogP contribution in [0.1, 0.15) is 12.5 Å². The SMILES string of the molecule is CCc1ccc(-n2cnnc2)cc1NC(=O)N1CCS(=O)(=O)CC1. The molecule has 0 spiro atoms. The molecule has 1 saturated heterocycles. The Morgan fingerprint density at radius 1 is 1.21 bits per heavy atom. The molecule has 0 unspecified atom stereocenters. The molecule has 0 bridgehead atoms. The minimum atomic E-state index is -3.01. The lowest BCUT2D eigenvalue weighted by molar-refractivity contribution is 0.216. The van der Waals surface area contributed by atoms with E-state index in [1.807, 2.05) is 25.1 Å². The summed E-state index contributed by atoms with van der Waals surface area (Å²) in [5.74, 6) is 0.0314. The van der Waals surface area contributed by atoms with Crippen molar-refractivity contribution < 1.29 is 13.2 Å². The number of nitrogens with zero attached hydrogens (tertiary/aromatic N) is 4. The van der Waals surface area contributed by atoms with Crippen molar-refractivity contribution >= 4 is 21.6 Å². The molecule has 1 aliphatic rings. The summed E-state index contributed by atoms with van der Waals surface area (Å²) < 4.78 is 24.7. The fraction of sp³-hybridized carbons (Fsp3) is 0.400. The molecule has 128 valence electrons. The van der Waals surface area contributed by atoms with Crippen molar-refractivity contribution in [2.45, 2.75) is 13.3 Å². The van der Waals surface area contributed by atoms with E-state index in [-0.39, 0.29) is 30.6 Å². The molecule has 1 aromatic carbocycles. The van der Waals surface area contributed by atoms with E-state index in [1.165, 1.54) is 4.90 Å². The number of aromatic nitrogens is 3. The van der Waals surface area contributed by atoms with Gasteiger partial charge in [0.2, 0.25) is 0 Å². The molecule has 0 aliphatic carbocycles. The van der Waals surface area contributed by atoms with Gasteiger partial charge in [-0.2, -0.15) is 0 Å². The lowest BCUT2D eigenvalue weighted by Crippen LogP contribution is -2.45. The smallest absolute Gasteiger partial charge is 0.321 e. The topological polar surface area (TPSA) is 97.2 Å². The first-order valence-corrected chi connectivity index (χ1v) is 9.55. The van der Waals surface area contributed by atoms with Crippen LogP contribution in [0, 0.1) is 0 Å². The second-order valence-electron chi connectivity index (χ2n) is 5.63. The van der Waals surface area contributed by atoms with E-state index >= 15 is 0 Å². The molecular formula is C15H19N5O3S. The Morgan fingerprint density at radius 3 is 2.50 bits per heavy atom. The summed E-state index contributed by atoms with van der Waals surface area (Å²) in [6.45, 7) is 2.46. The highest BCUT2D eigenvalue weighted by atomic mass is 32.2. The first-order chi connectivity index (χ1) is 11.5. The van der Waals surface area contributed by atoms with Crippen LogP contribution < -0.4 is 5.32 Å². The van der Waals surface area contributed by atoms with E-state index in [0.717, 1.165) is 17.7 Å². The molecule has 3 rings (SSSR count). The Bertz CT molecular complexity index is 819. The van der Waals surface area contributed by atoms with Gasteiger partial charge in [-0.3, -0.25) is 4.57 Å². The van der Waals surface area contributed by atoms with Crippen LogP contribution in [-0.4, -0.2) is 58.7 Å². The van der Waals surface area contributed by atoms with Gasteiger partial charge < -0.3 is 10.2 Å². The van der Waals surface area contributed by atoms with E-state index < -0.39 is 9.84 Å². The summed E-state index contributed by atoms with van der Waals surface area (Å²) in [6, 6.07) is 5.47. The third-order valence-corrected chi connectivity index (χ3v) is 5.67. The van der Waals surface area contributed by atoms with E-state index in [9.17, 15) is 13.2 Å². The number of carbonyl (C=O) groups excluding carboxylic acids is 1. The van der Waals surface area contributed by atoms with Crippen molar-refractivity contribution in [3.05, 3.63) is 36.4 Å². The number of urea groups is 1. The van der Waals surface area contributed by atoms with Gasteiger partial charge in [-0.05, 0) is 24.1 Å². The van der Waals surface area contributed by atoms with Crippen LogP contribution in [-0.2, 0) is 16.3 Å². The number of sulfone groups is 1. The highest BCUT2D eigenvalue weighted by molar-refractivity contribution is 7.91. The quantitative estimate of drug-likeness (QED) is 0.895. The highest BCUT2D eigenvalue weighted by Crippen LogP contribution is 2.21. The third-order valence-electron chi connectivity index (χ3n) is 4.06. The highest BCUT2D eigenvalue weighted by Gasteiger charge is 2.25. The average Bonchev–Trinajstić information content (AvgIpc) is 3.09. The van der Waals surface area contributed by atoms with Gasteiger partial charge in [0.25, 0.3) is 0 Å². The largest absolute Gasteiger partial charge is 0.322 e. The first-order valence-electron chi connectivity index (χ1n) is 7.73. The molecule has 1 N–H and O–H groups in total. The summed E-state index contributed by atoms with van der Waals surface area (Å²) in [5.41, 5.74) is 2.56. The van der Waals surface area contributed by atoms with E-state index in [2.05, 4.69) is 15.5 Å². The number of carbonyl (C=O) groups is 1. The second kappa shape index (κ2) is 6.60. The number of hydrogen-bond donors (Lipinski definition) is 1. The van der Waals surface area contributed by atoms with Gasteiger partial charge in [0.1, 0.15) is 12.7 Å². The normalized spacial score (nSPS) is 16.8. The maximum absolute atomic E-state index is 12.4. The summed E-state index contributed by atoms with van der Waals surface area (Å²) in [4.78, 5) is 14.0. The zero-order valence-corrected chi connectivity index (χ0v) is 14.2. The van der Waals surface area contributed by atoms with Crippen LogP contribution in [0.15, 0.2) is 30.9 Å². The first kappa shape index (κ1) is 16.4. The number of hydrogen-bond acceptors (Lipinski definition) is 5. The Kier molecular flexibility index (Phi) is 4.52. The summed E-state index contributed by atoms with van der Waals surface area (Å²) in [6.07, 6.45) is 3.94. The summed E-state index contributed by atoms with van der Waals surface area (Å²) in [5, 5.41) is 10.5. The van der Waals surface area contributed by atoms with Crippen molar-refractivity contribution in [1.82, 2.24) is 19.7 Å². The molecule has 0 radical (unpaired) electrons. The molecule has 9 heteroatoms. The molecule has 0 atom stereocenters. The van der Waals surface area contributed by atoms with Gasteiger partial charge in [-0.15, -0.1) is 10.2 Å². The fourth-order valence-electron chi connectivity index (χ4n) is 2.59. The molecule has 2 aromatic rings. The van der Waals surface area contributed by atoms with Crippen LogP contribution in [0.2, 0.25) is 0 Å². The van der Waals surface area contributed by atoms with Gasteiger partial charge in [0.05, 0.1) is 17.2 Å². The molecule has 0 saturated carbocycles. The molecule has 1 fully saturated rings. The predicted octanol–water partition coefficient (Wildman–Crippen LogP) is 1.09. The predicted molar refractivity (Wildman–Crippen MR) is 90.0 cm³/mol. The Morgan fingerprint density at radius 2 is 1.88 bits per heavy atom. The molecular weight excluding hydrogens is 330 g/mol. The zero-order valence-electron chi connectivity index (χ0n) is 13.3. The Balaban J connectivity index is 1.78. The molecule has 1 aliphatic heterocycles. The molecule has 2 amide bonds. The third kappa shape index (κ3) is 3.56. The molecule has 8 nitrogen and oxygen atoms in total. The van der Waals surface area contributed by atoms with Gasteiger partial charge in [-0.1, -0.05) is 13.0 Å². The molecule has 24 heavy (non-hydrogen) atoms. The molecule has 1 aromatic heterocycles. The standard InChI is InChI=1S/C15H19N5O3S/c1-2-12-3-4-13(20-10-16-17-11-20)9-14(12)18-15(21)19-5-7-24(22,23)8-6-19/h3-4,9-11H,2,5-8H2,1H3,(H,18,21). The van der Waals surface area contributed by atoms with Gasteiger partial charge in [-0.25, -0.2) is 13.2 Å². The monoisotopic (exact) mass is 349 g/mol. The summed E-state index contributed by atoms with van der Waals surface area (Å²) in [7, 11) is -3.01. The van der Waals surface area contributed by atoms with Crippen molar-refractivity contribution in [3.63, 3.8) is 0 Å². The maximum atomic E-state index is 12.4. The van der Waals surface area contributed by atoms with Crippen molar-refractivity contribution in [1.29, 1.82) is 0 Å². The van der Waals surface area contributed by atoms with Gasteiger partial charge in [0, 0.05) is 18.8 Å². The van der Waals surface area contributed by atoms with E-state index in [0.29, 0.717) is 5.69 Å². The number of benzene rings is 1. The van der Waals surface area contributed by atoms with Crippen LogP contribution in [0.3, 0.4) is 0 Å². The van der Waals surface area contributed by atoms with Crippen molar-refractivity contribution in [3.8, 4) is 5.69 Å². The summed E-state index contributed by atoms with van der Waals surface area (Å²) >= 11 is 0. The Labute approximate surface area is 140 Å². The minimum Gasteiger partial charge on any atom is -0.322 e. The van der Waals surface area contributed by atoms with E-state index in [1.54, 1.807) is 17.2 Å². The maximum Gasteiger partial charge on any atom is 0.321 e. The van der Waals surface area contributed by atoms with Gasteiger partial charge >= 0.3 is 6.03 Å². The Hall–Kier alpha value is -2.42. The number of aryl methyl sites for hydroxylation is 1. The van der Waals surface area contributed by atoms with Crippen LogP contribution in [0.25, 0.3) is 5.69 Å². The van der Waals surface area contributed by atoms with Crippen molar-refractivity contribution in [2.24, 2.45) is 0 Å². The van der Waals surface area contributed by atoms with Crippen LogP contribution in [0.4, 0.5) is 10.5 Å². The number of nitrogens with one attached hydrogen (secondary N) is 1. The molecule has 2 heterocycles. The zero-order chi connectivity index (χ0) is 17.2. The van der Waals surface area contributed by atoms with E-state index in [4.69, 9.17) is 0 Å². The van der Waals surface area contributed by atoms with Crippen LogP contribution >= 0.6 is 0 Å². The second-order valence-corrected chi connectivity index (χ2v) is 7.94. The van der Waals surface area contributed by atoms with Gasteiger partial charge in [0.15, 0.2) is 9.84 Å². The average molecular weight is 349 g/mol. The number of amides is 2. The fourth-order valence-corrected chi connectivity index (χ4v) is 3.79. The van der Waals surface area contributed by atoms with Crippen molar-refractivity contribution in [2.75, 3.05) is 29.9 Å². The minimum absolute atomic E-state index is 0.0157. The lowest BCUT2D eigenvalue weighted by Gasteiger charge is -2.27. The number of rotatable bonds is 3.